The average Bonchev–Trinajstić information content (AvgIpc) is 3.24. The second-order valence-corrected chi connectivity index (χ2v) is 8.73. The van der Waals surface area contributed by atoms with Crippen molar-refractivity contribution in [2.45, 2.75) is 26.2 Å². The van der Waals surface area contributed by atoms with Gasteiger partial charge in [0.15, 0.2) is 0 Å². The molecule has 2 aliphatic rings. The molecule has 2 aromatic rings. The number of piperidine rings is 1. The number of rotatable bonds is 4. The number of amides is 2. The van der Waals surface area contributed by atoms with Gasteiger partial charge in [-0.25, -0.2) is 8.78 Å². The number of hydrogen-bond acceptors (Lipinski definition) is 5. The first-order valence-corrected chi connectivity index (χ1v) is 10.9. The largest absolute Gasteiger partial charge is 0.481 e. The van der Waals surface area contributed by atoms with Crippen molar-refractivity contribution in [3.8, 4) is 11.8 Å². The number of benzene rings is 1. The summed E-state index contributed by atoms with van der Waals surface area (Å²) in [6.07, 6.45) is 2.13. The number of pyridine rings is 1. The first kappa shape index (κ1) is 22.9. The Morgan fingerprint density at radius 2 is 1.61 bits per heavy atom. The quantitative estimate of drug-likeness (QED) is 0.700. The Kier molecular flexibility index (Phi) is 6.23. The maximum Gasteiger partial charge on any atom is 0.259 e. The molecule has 1 aromatic carbocycles. The zero-order valence-electron chi connectivity index (χ0n) is 19.0. The number of carbonyl (C=O) groups excluding carboxylic acids is 2. The zero-order chi connectivity index (χ0) is 23.8. The average molecular weight is 459 g/mol. The lowest BCUT2D eigenvalue weighted by Gasteiger charge is -2.39. The number of halogens is 2. The van der Waals surface area contributed by atoms with Crippen molar-refractivity contribution in [2.75, 3.05) is 40.4 Å². The van der Waals surface area contributed by atoms with Crippen molar-refractivity contribution in [1.29, 1.82) is 0 Å². The molecule has 0 saturated carbocycles. The van der Waals surface area contributed by atoms with E-state index in [2.05, 4.69) is 4.98 Å². The van der Waals surface area contributed by atoms with E-state index in [4.69, 9.17) is 9.47 Å². The highest BCUT2D eigenvalue weighted by Crippen LogP contribution is 2.41. The number of aryl methyl sites for hydroxylation is 1. The molecule has 2 fully saturated rings. The standard InChI is InChI=1S/C24H27F2N3O4/c1-15-4-6-17(25)19(20(15)26)23(31)28-11-8-24(9-12-28)10-13-29(14-24)22(30)16-5-7-18(32-2)27-21(16)33-3/h4-7H,8-14H2,1-3H3. The van der Waals surface area contributed by atoms with Gasteiger partial charge in [-0.1, -0.05) is 6.07 Å². The molecular formula is C24H27F2N3O4. The normalized spacial score (nSPS) is 17.4. The topological polar surface area (TPSA) is 72.0 Å². The third-order valence-electron chi connectivity index (χ3n) is 6.80. The van der Waals surface area contributed by atoms with Gasteiger partial charge in [0.05, 0.1) is 14.2 Å². The van der Waals surface area contributed by atoms with Crippen LogP contribution in [0, 0.1) is 24.0 Å². The summed E-state index contributed by atoms with van der Waals surface area (Å²) in [5, 5.41) is 0. The highest BCUT2D eigenvalue weighted by Gasteiger charge is 2.43. The van der Waals surface area contributed by atoms with Gasteiger partial charge in [0.1, 0.15) is 22.8 Å². The zero-order valence-corrected chi connectivity index (χ0v) is 19.0. The summed E-state index contributed by atoms with van der Waals surface area (Å²) in [7, 11) is 2.95. The SMILES string of the molecule is COc1ccc(C(=O)N2CCC3(CCN(C(=O)c4c(F)ccc(C)c4F)CC3)C2)c(OC)n1. The number of carbonyl (C=O) groups is 2. The van der Waals surface area contributed by atoms with Crippen LogP contribution >= 0.6 is 0 Å². The van der Waals surface area contributed by atoms with Crippen LogP contribution in [0.1, 0.15) is 45.5 Å². The Hall–Kier alpha value is -3.23. The van der Waals surface area contributed by atoms with Gasteiger partial charge in [0.2, 0.25) is 11.8 Å². The fourth-order valence-corrected chi connectivity index (χ4v) is 4.74. The third-order valence-corrected chi connectivity index (χ3v) is 6.80. The molecule has 33 heavy (non-hydrogen) atoms. The van der Waals surface area contributed by atoms with E-state index in [1.807, 2.05) is 0 Å². The molecule has 3 heterocycles. The lowest BCUT2D eigenvalue weighted by atomic mass is 9.77. The molecule has 4 rings (SSSR count). The van der Waals surface area contributed by atoms with Crippen LogP contribution in [0.2, 0.25) is 0 Å². The molecule has 0 aliphatic carbocycles. The number of aromatic nitrogens is 1. The monoisotopic (exact) mass is 459 g/mol. The Balaban J connectivity index is 1.43. The molecule has 0 unspecified atom stereocenters. The van der Waals surface area contributed by atoms with Crippen molar-refractivity contribution < 1.29 is 27.8 Å². The summed E-state index contributed by atoms with van der Waals surface area (Å²) in [5.41, 5.74) is -0.00762. The van der Waals surface area contributed by atoms with Crippen molar-refractivity contribution in [3.63, 3.8) is 0 Å². The van der Waals surface area contributed by atoms with E-state index in [1.54, 1.807) is 17.0 Å². The summed E-state index contributed by atoms with van der Waals surface area (Å²) >= 11 is 0. The Bertz CT molecular complexity index is 1080. The number of methoxy groups -OCH3 is 2. The minimum Gasteiger partial charge on any atom is -0.481 e. The summed E-state index contributed by atoms with van der Waals surface area (Å²) in [4.78, 5) is 33.4. The van der Waals surface area contributed by atoms with Crippen LogP contribution in [0.5, 0.6) is 11.8 Å². The molecule has 0 atom stereocenters. The molecule has 1 spiro atoms. The lowest BCUT2D eigenvalue weighted by molar-refractivity contribution is 0.0556. The molecule has 2 saturated heterocycles. The highest BCUT2D eigenvalue weighted by atomic mass is 19.1. The molecule has 0 N–H and O–H groups in total. The maximum absolute atomic E-state index is 14.4. The smallest absolute Gasteiger partial charge is 0.259 e. The summed E-state index contributed by atoms with van der Waals surface area (Å²) in [6.45, 7) is 3.43. The van der Waals surface area contributed by atoms with Crippen LogP contribution in [0.25, 0.3) is 0 Å². The van der Waals surface area contributed by atoms with E-state index in [1.165, 1.54) is 32.1 Å². The molecule has 2 amide bonds. The van der Waals surface area contributed by atoms with Crippen LogP contribution in [0.4, 0.5) is 8.78 Å². The van der Waals surface area contributed by atoms with Gasteiger partial charge in [-0.3, -0.25) is 9.59 Å². The van der Waals surface area contributed by atoms with Crippen LogP contribution in [-0.4, -0.2) is 67.0 Å². The van der Waals surface area contributed by atoms with Crippen molar-refractivity contribution in [2.24, 2.45) is 5.41 Å². The van der Waals surface area contributed by atoms with Crippen LogP contribution < -0.4 is 9.47 Å². The first-order valence-electron chi connectivity index (χ1n) is 10.9. The summed E-state index contributed by atoms with van der Waals surface area (Å²) < 4.78 is 39.0. The summed E-state index contributed by atoms with van der Waals surface area (Å²) in [6, 6.07) is 5.71. The Morgan fingerprint density at radius 1 is 0.939 bits per heavy atom. The van der Waals surface area contributed by atoms with Crippen molar-refractivity contribution in [3.05, 3.63) is 52.6 Å². The molecular weight excluding hydrogens is 432 g/mol. The van der Waals surface area contributed by atoms with Gasteiger partial charge in [0, 0.05) is 32.2 Å². The predicted octanol–water partition coefficient (Wildman–Crippen LogP) is 3.45. The Morgan fingerprint density at radius 3 is 2.24 bits per heavy atom. The number of nitrogens with zero attached hydrogens (tertiary/aromatic N) is 3. The van der Waals surface area contributed by atoms with Gasteiger partial charge in [-0.15, -0.1) is 0 Å². The molecule has 0 radical (unpaired) electrons. The van der Waals surface area contributed by atoms with Gasteiger partial charge < -0.3 is 19.3 Å². The molecule has 0 bridgehead atoms. The fraction of sp³-hybridized carbons (Fsp3) is 0.458. The van der Waals surface area contributed by atoms with E-state index >= 15 is 0 Å². The minimum absolute atomic E-state index is 0.122. The van der Waals surface area contributed by atoms with E-state index in [0.717, 1.165) is 12.5 Å². The highest BCUT2D eigenvalue weighted by molar-refractivity contribution is 5.97. The number of hydrogen-bond donors (Lipinski definition) is 0. The van der Waals surface area contributed by atoms with Gasteiger partial charge in [-0.2, -0.15) is 4.98 Å². The predicted molar refractivity (Wildman–Crippen MR) is 117 cm³/mol. The van der Waals surface area contributed by atoms with Crippen molar-refractivity contribution in [1.82, 2.24) is 14.8 Å². The van der Waals surface area contributed by atoms with Gasteiger partial charge in [0.25, 0.3) is 11.8 Å². The molecule has 1 aromatic heterocycles. The third kappa shape index (κ3) is 4.24. The van der Waals surface area contributed by atoms with Gasteiger partial charge in [-0.05, 0) is 49.3 Å². The van der Waals surface area contributed by atoms with Crippen LogP contribution in [0.3, 0.4) is 0 Å². The van der Waals surface area contributed by atoms with E-state index < -0.39 is 23.1 Å². The van der Waals surface area contributed by atoms with Gasteiger partial charge >= 0.3 is 0 Å². The van der Waals surface area contributed by atoms with Crippen LogP contribution in [0.15, 0.2) is 24.3 Å². The minimum atomic E-state index is -0.844. The molecule has 176 valence electrons. The second kappa shape index (κ2) is 8.96. The van der Waals surface area contributed by atoms with Crippen LogP contribution in [-0.2, 0) is 0 Å². The van der Waals surface area contributed by atoms with E-state index in [9.17, 15) is 18.4 Å². The fourth-order valence-electron chi connectivity index (χ4n) is 4.74. The number of likely N-dealkylation sites (tertiary alicyclic amines) is 2. The summed E-state index contributed by atoms with van der Waals surface area (Å²) in [5.74, 6) is -1.87. The van der Waals surface area contributed by atoms with Crippen molar-refractivity contribution >= 4 is 11.8 Å². The maximum atomic E-state index is 14.4. The molecule has 7 nitrogen and oxygen atoms in total. The van der Waals surface area contributed by atoms with E-state index in [0.29, 0.717) is 50.5 Å². The lowest BCUT2D eigenvalue weighted by Crippen LogP contribution is -2.45. The van der Waals surface area contributed by atoms with E-state index in [-0.39, 0.29) is 22.8 Å². The Labute approximate surface area is 191 Å². The number of ether oxygens (including phenoxy) is 2. The molecule has 2 aliphatic heterocycles. The first-order chi connectivity index (χ1) is 15.8. The molecule has 9 heteroatoms. The second-order valence-electron chi connectivity index (χ2n) is 8.73.